The summed E-state index contributed by atoms with van der Waals surface area (Å²) in [6, 6.07) is 17.5. The molecule has 2 heterocycles. The first-order valence-electron chi connectivity index (χ1n) is 8.99. The summed E-state index contributed by atoms with van der Waals surface area (Å²) in [5.41, 5.74) is 2.64. The van der Waals surface area contributed by atoms with Gasteiger partial charge in [-0.15, -0.1) is 5.10 Å². The summed E-state index contributed by atoms with van der Waals surface area (Å²) in [6.07, 6.45) is 1.57. The van der Waals surface area contributed by atoms with Crippen LogP contribution in [0.5, 0.6) is 0 Å². The molecule has 0 bridgehead atoms. The molecule has 4 rings (SSSR count). The van der Waals surface area contributed by atoms with E-state index in [0.29, 0.717) is 18.0 Å². The molecule has 2 aromatic heterocycles. The Morgan fingerprint density at radius 2 is 1.90 bits per heavy atom. The standard InChI is InChI=1S/C21H18FN5O2/c1-26(13-18-11-20(29-24-18)16-5-3-2-4-6-16)21(28)19-14-27(25-23-19)12-15-7-9-17(22)10-8-15/h2-11,14H,12-13H2,1H3. The molecule has 0 radical (unpaired) electrons. The predicted molar refractivity (Wildman–Crippen MR) is 103 cm³/mol. The van der Waals surface area contributed by atoms with Gasteiger partial charge in [0.15, 0.2) is 11.5 Å². The minimum absolute atomic E-state index is 0.224. The molecule has 7 nitrogen and oxygen atoms in total. The van der Waals surface area contributed by atoms with Gasteiger partial charge in [-0.25, -0.2) is 9.07 Å². The van der Waals surface area contributed by atoms with Gasteiger partial charge in [0.25, 0.3) is 5.91 Å². The van der Waals surface area contributed by atoms with Crippen LogP contribution in [-0.2, 0) is 13.1 Å². The molecule has 0 aliphatic rings. The second kappa shape index (κ2) is 8.05. The highest BCUT2D eigenvalue weighted by molar-refractivity contribution is 5.91. The molecule has 4 aromatic rings. The summed E-state index contributed by atoms with van der Waals surface area (Å²) in [7, 11) is 1.66. The minimum atomic E-state index is -0.298. The molecule has 0 fully saturated rings. The van der Waals surface area contributed by atoms with E-state index in [4.69, 9.17) is 4.52 Å². The van der Waals surface area contributed by atoms with Crippen LogP contribution >= 0.6 is 0 Å². The van der Waals surface area contributed by atoms with Crippen LogP contribution in [0.1, 0.15) is 21.7 Å². The van der Waals surface area contributed by atoms with Gasteiger partial charge in [-0.05, 0) is 17.7 Å². The van der Waals surface area contributed by atoms with Crippen molar-refractivity contribution in [1.82, 2.24) is 25.1 Å². The number of amides is 1. The fraction of sp³-hybridized carbons (Fsp3) is 0.143. The normalized spacial score (nSPS) is 10.8. The number of carbonyl (C=O) groups is 1. The molecular formula is C21H18FN5O2. The summed E-state index contributed by atoms with van der Waals surface area (Å²) >= 11 is 0. The van der Waals surface area contributed by atoms with Crippen LogP contribution in [0.25, 0.3) is 11.3 Å². The SMILES string of the molecule is CN(Cc1cc(-c2ccccc2)on1)C(=O)c1cn(Cc2ccc(F)cc2)nn1. The average molecular weight is 391 g/mol. The Labute approximate surface area is 166 Å². The fourth-order valence-corrected chi connectivity index (χ4v) is 2.89. The highest BCUT2D eigenvalue weighted by Gasteiger charge is 2.18. The highest BCUT2D eigenvalue weighted by Crippen LogP contribution is 2.20. The van der Waals surface area contributed by atoms with Gasteiger partial charge in [-0.3, -0.25) is 4.79 Å². The number of benzene rings is 2. The van der Waals surface area contributed by atoms with Crippen molar-refractivity contribution in [3.05, 3.63) is 89.6 Å². The summed E-state index contributed by atoms with van der Waals surface area (Å²) in [5, 5.41) is 12.0. The molecule has 0 aliphatic carbocycles. The number of rotatable bonds is 6. The van der Waals surface area contributed by atoms with Gasteiger partial charge in [-0.2, -0.15) is 0 Å². The van der Waals surface area contributed by atoms with Gasteiger partial charge in [0.05, 0.1) is 19.3 Å². The molecule has 0 saturated carbocycles. The Balaban J connectivity index is 1.40. The topological polar surface area (TPSA) is 77.0 Å². The van der Waals surface area contributed by atoms with Crippen molar-refractivity contribution in [3.63, 3.8) is 0 Å². The minimum Gasteiger partial charge on any atom is -0.356 e. The molecule has 0 spiro atoms. The molecule has 0 aliphatic heterocycles. The van der Waals surface area contributed by atoms with E-state index in [1.807, 2.05) is 36.4 Å². The Morgan fingerprint density at radius 3 is 2.66 bits per heavy atom. The summed E-state index contributed by atoms with van der Waals surface area (Å²) in [4.78, 5) is 14.1. The molecule has 2 aromatic carbocycles. The lowest BCUT2D eigenvalue weighted by Gasteiger charge is -2.13. The van der Waals surface area contributed by atoms with E-state index in [1.165, 1.54) is 21.7 Å². The summed E-state index contributed by atoms with van der Waals surface area (Å²) in [6.45, 7) is 0.675. The van der Waals surface area contributed by atoms with Crippen LogP contribution in [0.2, 0.25) is 0 Å². The van der Waals surface area contributed by atoms with Crippen molar-refractivity contribution in [3.8, 4) is 11.3 Å². The number of hydrogen-bond acceptors (Lipinski definition) is 5. The van der Waals surface area contributed by atoms with E-state index in [2.05, 4.69) is 15.5 Å². The lowest BCUT2D eigenvalue weighted by Crippen LogP contribution is -2.26. The Kier molecular flexibility index (Phi) is 5.15. The fourth-order valence-electron chi connectivity index (χ4n) is 2.89. The molecule has 146 valence electrons. The first kappa shape index (κ1) is 18.5. The van der Waals surface area contributed by atoms with Crippen molar-refractivity contribution >= 4 is 5.91 Å². The maximum Gasteiger partial charge on any atom is 0.276 e. The van der Waals surface area contributed by atoms with E-state index in [1.54, 1.807) is 25.4 Å². The van der Waals surface area contributed by atoms with Crippen molar-refractivity contribution in [2.24, 2.45) is 0 Å². The van der Waals surface area contributed by atoms with Crippen LogP contribution in [0, 0.1) is 5.82 Å². The van der Waals surface area contributed by atoms with Gasteiger partial charge in [0.2, 0.25) is 0 Å². The third kappa shape index (κ3) is 4.37. The molecule has 29 heavy (non-hydrogen) atoms. The maximum absolute atomic E-state index is 13.0. The zero-order valence-corrected chi connectivity index (χ0v) is 15.7. The highest BCUT2D eigenvalue weighted by atomic mass is 19.1. The van der Waals surface area contributed by atoms with E-state index in [9.17, 15) is 9.18 Å². The van der Waals surface area contributed by atoms with Gasteiger partial charge in [0.1, 0.15) is 11.5 Å². The predicted octanol–water partition coefficient (Wildman–Crippen LogP) is 3.39. The monoisotopic (exact) mass is 391 g/mol. The van der Waals surface area contributed by atoms with Crippen molar-refractivity contribution in [2.75, 3.05) is 7.05 Å². The van der Waals surface area contributed by atoms with E-state index < -0.39 is 0 Å². The number of halogens is 1. The molecule has 8 heteroatoms. The Hall–Kier alpha value is -3.81. The van der Waals surface area contributed by atoms with E-state index >= 15 is 0 Å². The molecule has 1 amide bonds. The second-order valence-electron chi connectivity index (χ2n) is 6.64. The van der Waals surface area contributed by atoms with Crippen LogP contribution in [-0.4, -0.2) is 38.0 Å². The lowest BCUT2D eigenvalue weighted by atomic mass is 10.1. The summed E-state index contributed by atoms with van der Waals surface area (Å²) < 4.78 is 19.9. The van der Waals surface area contributed by atoms with E-state index in [-0.39, 0.29) is 24.0 Å². The van der Waals surface area contributed by atoms with Gasteiger partial charge in [-0.1, -0.05) is 52.8 Å². The zero-order valence-electron chi connectivity index (χ0n) is 15.7. The first-order valence-corrected chi connectivity index (χ1v) is 8.99. The lowest BCUT2D eigenvalue weighted by molar-refractivity contribution is 0.0776. The average Bonchev–Trinajstić information content (AvgIpc) is 3.40. The van der Waals surface area contributed by atoms with Crippen LogP contribution < -0.4 is 0 Å². The van der Waals surface area contributed by atoms with Crippen molar-refractivity contribution < 1.29 is 13.7 Å². The number of aromatic nitrogens is 4. The molecular weight excluding hydrogens is 373 g/mol. The first-order chi connectivity index (χ1) is 14.1. The molecule has 0 atom stereocenters. The van der Waals surface area contributed by atoms with Gasteiger partial charge >= 0.3 is 0 Å². The van der Waals surface area contributed by atoms with Crippen LogP contribution in [0.15, 0.2) is 71.4 Å². The van der Waals surface area contributed by atoms with E-state index in [0.717, 1.165) is 11.1 Å². The number of nitrogens with zero attached hydrogens (tertiary/aromatic N) is 5. The maximum atomic E-state index is 13.0. The second-order valence-corrected chi connectivity index (χ2v) is 6.64. The smallest absolute Gasteiger partial charge is 0.276 e. The molecule has 0 N–H and O–H groups in total. The third-order valence-corrected chi connectivity index (χ3v) is 4.38. The van der Waals surface area contributed by atoms with Gasteiger partial charge in [0, 0.05) is 18.7 Å². The van der Waals surface area contributed by atoms with Crippen LogP contribution in [0.4, 0.5) is 4.39 Å². The quantitative estimate of drug-likeness (QED) is 0.504. The third-order valence-electron chi connectivity index (χ3n) is 4.38. The Morgan fingerprint density at radius 1 is 1.14 bits per heavy atom. The van der Waals surface area contributed by atoms with Crippen LogP contribution in [0.3, 0.4) is 0 Å². The largest absolute Gasteiger partial charge is 0.356 e. The van der Waals surface area contributed by atoms with Crippen molar-refractivity contribution in [2.45, 2.75) is 13.1 Å². The Bertz CT molecular complexity index is 1110. The summed E-state index contributed by atoms with van der Waals surface area (Å²) in [5.74, 6) is 0.0689. The zero-order chi connectivity index (χ0) is 20.2. The molecule has 0 saturated heterocycles. The number of hydrogen-bond donors (Lipinski definition) is 0. The molecule has 0 unspecified atom stereocenters. The van der Waals surface area contributed by atoms with Crippen molar-refractivity contribution in [1.29, 1.82) is 0 Å². The van der Waals surface area contributed by atoms with Gasteiger partial charge < -0.3 is 9.42 Å². The number of carbonyl (C=O) groups excluding carboxylic acids is 1.